The van der Waals surface area contributed by atoms with Crippen molar-refractivity contribution >= 4 is 5.91 Å². The third-order valence-electron chi connectivity index (χ3n) is 5.06. The van der Waals surface area contributed by atoms with Gasteiger partial charge in [0.05, 0.1) is 11.6 Å². The molecule has 2 aliphatic carbocycles. The maximum Gasteiger partial charge on any atom is 0.229 e. The Morgan fingerprint density at radius 1 is 1.20 bits per heavy atom. The molecule has 0 unspecified atom stereocenters. The number of hydrogen-bond donors (Lipinski definition) is 1. The number of rotatable bonds is 3. The SMILES string of the molecule is O=C(N[C@@H]1C[C@H]1c1cc(F)c(F)c(F)c1)[C@@H]1CCCc2cccnc21. The molecule has 0 spiro atoms. The molecule has 1 fully saturated rings. The van der Waals surface area contributed by atoms with Gasteiger partial charge in [0, 0.05) is 18.2 Å². The lowest BCUT2D eigenvalue weighted by Gasteiger charge is -2.23. The molecule has 6 heteroatoms. The Morgan fingerprint density at radius 2 is 1.96 bits per heavy atom. The van der Waals surface area contributed by atoms with Crippen molar-refractivity contribution in [3.05, 3.63) is 64.7 Å². The van der Waals surface area contributed by atoms with E-state index in [1.807, 2.05) is 12.1 Å². The number of carbonyl (C=O) groups excluding carboxylic acids is 1. The van der Waals surface area contributed by atoms with Crippen molar-refractivity contribution in [2.75, 3.05) is 0 Å². The summed E-state index contributed by atoms with van der Waals surface area (Å²) in [5, 5.41) is 2.95. The van der Waals surface area contributed by atoms with Crippen LogP contribution in [0.25, 0.3) is 0 Å². The molecule has 25 heavy (non-hydrogen) atoms. The molecule has 0 aliphatic heterocycles. The summed E-state index contributed by atoms with van der Waals surface area (Å²) in [6.07, 6.45) is 4.88. The number of amides is 1. The van der Waals surface area contributed by atoms with Gasteiger partial charge in [0.15, 0.2) is 17.5 Å². The smallest absolute Gasteiger partial charge is 0.229 e. The lowest BCUT2D eigenvalue weighted by atomic mass is 9.86. The van der Waals surface area contributed by atoms with E-state index in [0.717, 1.165) is 42.7 Å². The monoisotopic (exact) mass is 346 g/mol. The van der Waals surface area contributed by atoms with E-state index in [1.165, 1.54) is 0 Å². The lowest BCUT2D eigenvalue weighted by molar-refractivity contribution is -0.123. The number of halogens is 3. The Balaban J connectivity index is 1.46. The van der Waals surface area contributed by atoms with Gasteiger partial charge in [-0.3, -0.25) is 9.78 Å². The highest BCUT2D eigenvalue weighted by Gasteiger charge is 2.42. The van der Waals surface area contributed by atoms with E-state index in [4.69, 9.17) is 0 Å². The van der Waals surface area contributed by atoms with Crippen molar-refractivity contribution in [3.8, 4) is 0 Å². The number of nitrogens with zero attached hydrogens (tertiary/aromatic N) is 1. The van der Waals surface area contributed by atoms with Gasteiger partial charge in [0.2, 0.25) is 5.91 Å². The summed E-state index contributed by atoms with van der Waals surface area (Å²) in [6, 6.07) is 5.70. The Morgan fingerprint density at radius 3 is 2.72 bits per heavy atom. The third kappa shape index (κ3) is 3.01. The lowest BCUT2D eigenvalue weighted by Crippen LogP contribution is -2.34. The minimum atomic E-state index is -1.46. The molecule has 0 bridgehead atoms. The summed E-state index contributed by atoms with van der Waals surface area (Å²) >= 11 is 0. The largest absolute Gasteiger partial charge is 0.352 e. The number of nitrogens with one attached hydrogen (secondary N) is 1. The first-order valence-electron chi connectivity index (χ1n) is 8.43. The zero-order valence-corrected chi connectivity index (χ0v) is 13.4. The molecule has 1 N–H and O–H groups in total. The van der Waals surface area contributed by atoms with Gasteiger partial charge in [-0.1, -0.05) is 6.07 Å². The highest BCUT2D eigenvalue weighted by atomic mass is 19.2. The van der Waals surface area contributed by atoms with Gasteiger partial charge in [-0.25, -0.2) is 13.2 Å². The summed E-state index contributed by atoms with van der Waals surface area (Å²) in [7, 11) is 0. The molecule has 1 heterocycles. The van der Waals surface area contributed by atoms with Crippen LogP contribution in [-0.4, -0.2) is 16.9 Å². The van der Waals surface area contributed by atoms with Gasteiger partial charge in [-0.2, -0.15) is 0 Å². The summed E-state index contributed by atoms with van der Waals surface area (Å²) in [4.78, 5) is 17.0. The molecule has 1 saturated carbocycles. The predicted molar refractivity (Wildman–Crippen MR) is 85.5 cm³/mol. The summed E-state index contributed by atoms with van der Waals surface area (Å²) in [6.45, 7) is 0. The molecule has 2 aromatic rings. The van der Waals surface area contributed by atoms with Gasteiger partial charge in [0.1, 0.15) is 0 Å². The molecule has 1 aromatic heterocycles. The minimum absolute atomic E-state index is 0.102. The Bertz CT molecular complexity index is 816. The second kappa shape index (κ2) is 6.17. The average molecular weight is 346 g/mol. The van der Waals surface area contributed by atoms with Crippen molar-refractivity contribution < 1.29 is 18.0 Å². The van der Waals surface area contributed by atoms with E-state index in [2.05, 4.69) is 10.3 Å². The number of fused-ring (bicyclic) bond motifs is 1. The van der Waals surface area contributed by atoms with Crippen molar-refractivity contribution in [2.24, 2.45) is 0 Å². The quantitative estimate of drug-likeness (QED) is 0.863. The van der Waals surface area contributed by atoms with Crippen LogP contribution < -0.4 is 5.32 Å². The second-order valence-corrected chi connectivity index (χ2v) is 6.75. The van der Waals surface area contributed by atoms with Crippen molar-refractivity contribution in [1.82, 2.24) is 10.3 Å². The van der Waals surface area contributed by atoms with Gasteiger partial charge in [-0.15, -0.1) is 0 Å². The number of carbonyl (C=O) groups is 1. The normalized spacial score (nSPS) is 24.5. The number of hydrogen-bond acceptors (Lipinski definition) is 2. The van der Waals surface area contributed by atoms with Crippen LogP contribution in [-0.2, 0) is 11.2 Å². The summed E-state index contributed by atoms with van der Waals surface area (Å²) in [5.41, 5.74) is 2.30. The van der Waals surface area contributed by atoms with Gasteiger partial charge < -0.3 is 5.32 Å². The van der Waals surface area contributed by atoms with E-state index in [1.54, 1.807) is 6.20 Å². The maximum absolute atomic E-state index is 13.4. The molecule has 1 aromatic carbocycles. The molecule has 0 saturated heterocycles. The third-order valence-corrected chi connectivity index (χ3v) is 5.06. The first-order chi connectivity index (χ1) is 12.0. The van der Waals surface area contributed by atoms with Crippen molar-refractivity contribution in [2.45, 2.75) is 43.6 Å². The first kappa shape index (κ1) is 16.1. The fourth-order valence-corrected chi connectivity index (χ4v) is 3.66. The standard InChI is InChI=1S/C19H17F3N2O/c20-14-7-11(8-15(21)17(14)22)13-9-16(13)24-19(25)12-5-1-3-10-4-2-6-23-18(10)12/h2,4,6-8,12-13,16H,1,3,5,9H2,(H,24,25)/t12-,13+,16-/m1/s1. The van der Waals surface area contributed by atoms with Crippen LogP contribution >= 0.6 is 0 Å². The van der Waals surface area contributed by atoms with Gasteiger partial charge in [-0.05, 0) is 55.0 Å². The zero-order valence-electron chi connectivity index (χ0n) is 13.4. The number of aryl methyl sites for hydroxylation is 1. The van der Waals surface area contributed by atoms with E-state index in [0.29, 0.717) is 12.0 Å². The number of benzene rings is 1. The second-order valence-electron chi connectivity index (χ2n) is 6.75. The molecule has 0 radical (unpaired) electrons. The Hall–Kier alpha value is -2.37. The first-order valence-corrected chi connectivity index (χ1v) is 8.43. The van der Waals surface area contributed by atoms with E-state index >= 15 is 0 Å². The summed E-state index contributed by atoms with van der Waals surface area (Å²) < 4.78 is 39.8. The van der Waals surface area contributed by atoms with Crippen LogP contribution in [0.1, 0.15) is 47.9 Å². The highest BCUT2D eigenvalue weighted by molar-refractivity contribution is 5.84. The number of aromatic nitrogens is 1. The van der Waals surface area contributed by atoms with Crippen LogP contribution in [0.15, 0.2) is 30.5 Å². The fraction of sp³-hybridized carbons (Fsp3) is 0.368. The van der Waals surface area contributed by atoms with Gasteiger partial charge in [0.25, 0.3) is 0 Å². The molecule has 3 atom stereocenters. The molecule has 3 nitrogen and oxygen atoms in total. The van der Waals surface area contributed by atoms with Crippen LogP contribution in [0.3, 0.4) is 0 Å². The van der Waals surface area contributed by atoms with Crippen molar-refractivity contribution in [1.29, 1.82) is 0 Å². The van der Waals surface area contributed by atoms with Crippen LogP contribution in [0, 0.1) is 17.5 Å². The fourth-order valence-electron chi connectivity index (χ4n) is 3.66. The number of pyridine rings is 1. The van der Waals surface area contributed by atoms with Gasteiger partial charge >= 0.3 is 0 Å². The molecular formula is C19H17F3N2O. The van der Waals surface area contributed by atoms with Crippen molar-refractivity contribution in [3.63, 3.8) is 0 Å². The summed E-state index contributed by atoms with van der Waals surface area (Å²) in [5.74, 6) is -4.42. The van der Waals surface area contributed by atoms with Crippen LogP contribution in [0.5, 0.6) is 0 Å². The maximum atomic E-state index is 13.4. The average Bonchev–Trinajstić information content (AvgIpc) is 3.37. The Kier molecular flexibility index (Phi) is 3.98. The minimum Gasteiger partial charge on any atom is -0.352 e. The van der Waals surface area contributed by atoms with E-state index in [-0.39, 0.29) is 23.8 Å². The van der Waals surface area contributed by atoms with E-state index in [9.17, 15) is 18.0 Å². The molecule has 2 aliphatic rings. The topological polar surface area (TPSA) is 42.0 Å². The molecular weight excluding hydrogens is 329 g/mol. The van der Waals surface area contributed by atoms with E-state index < -0.39 is 17.5 Å². The Labute approximate surface area is 143 Å². The van der Waals surface area contributed by atoms with Crippen LogP contribution in [0.2, 0.25) is 0 Å². The highest BCUT2D eigenvalue weighted by Crippen LogP contribution is 2.42. The zero-order chi connectivity index (χ0) is 17.6. The molecule has 1 amide bonds. The molecule has 130 valence electrons. The predicted octanol–water partition coefficient (Wildman–Crippen LogP) is 3.59. The molecule has 4 rings (SSSR count). The van der Waals surface area contributed by atoms with Crippen LogP contribution in [0.4, 0.5) is 13.2 Å².